The Morgan fingerprint density at radius 1 is 0.935 bits per heavy atom. The van der Waals surface area contributed by atoms with Crippen molar-refractivity contribution in [1.82, 2.24) is 24.1 Å². The molecule has 0 amide bonds. The largest absolute Gasteiger partial charge is 0.504 e. The Kier molecular flexibility index (Phi) is 4.34. The van der Waals surface area contributed by atoms with Crippen LogP contribution < -0.4 is 33.0 Å². The van der Waals surface area contributed by atoms with Crippen LogP contribution in [-0.4, -0.2) is 36.3 Å². The minimum atomic E-state index is -0.804. The van der Waals surface area contributed by atoms with Gasteiger partial charge in [0.15, 0.2) is 11.5 Å². The molecule has 3 aromatic heterocycles. The molecular weight excluding hydrogens is 408 g/mol. The number of benzene rings is 1. The molecule has 0 atom stereocenters. The van der Waals surface area contributed by atoms with Gasteiger partial charge in [0.1, 0.15) is 11.5 Å². The highest BCUT2D eigenvalue weighted by atomic mass is 16.5. The monoisotopic (exact) mass is 426 g/mol. The Bertz CT molecular complexity index is 1600. The van der Waals surface area contributed by atoms with Crippen LogP contribution in [0.2, 0.25) is 0 Å². The third-order valence-corrected chi connectivity index (χ3v) is 5.16. The van der Waals surface area contributed by atoms with Crippen molar-refractivity contribution in [3.63, 3.8) is 0 Å². The van der Waals surface area contributed by atoms with Gasteiger partial charge in [-0.15, -0.1) is 0 Å². The van der Waals surface area contributed by atoms with E-state index in [0.717, 1.165) is 4.57 Å². The first kappa shape index (κ1) is 19.8. The molecule has 0 aliphatic heterocycles. The number of aromatic amines is 3. The van der Waals surface area contributed by atoms with Gasteiger partial charge in [-0.2, -0.15) is 0 Å². The Labute approximate surface area is 172 Å². The Balaban J connectivity index is 2.26. The van der Waals surface area contributed by atoms with Crippen molar-refractivity contribution in [2.75, 3.05) is 12.8 Å². The summed E-state index contributed by atoms with van der Waals surface area (Å²) >= 11 is 0. The number of hydrogen-bond acceptors (Lipinski definition) is 7. The van der Waals surface area contributed by atoms with E-state index in [4.69, 9.17) is 10.5 Å². The standard InChI is InChI=1S/C19H18N6O6/c1-24-14(20)11(16(27)22-18(24)29)10-12-15(25(2)19(30)23-17(12)28)21-13(10)7-4-5-8(26)9(6-7)31-3/h4-6,21,26H,20H2,1-3H3,(H,22,27,29)(H,23,28,30). The third-order valence-electron chi connectivity index (χ3n) is 5.16. The van der Waals surface area contributed by atoms with Crippen LogP contribution in [0.3, 0.4) is 0 Å². The maximum absolute atomic E-state index is 12.8. The molecule has 4 aromatic rings. The molecule has 0 saturated heterocycles. The van der Waals surface area contributed by atoms with E-state index in [1.807, 2.05) is 0 Å². The molecule has 6 N–H and O–H groups in total. The van der Waals surface area contributed by atoms with Crippen LogP contribution in [0.25, 0.3) is 33.4 Å². The van der Waals surface area contributed by atoms with E-state index < -0.39 is 22.5 Å². The normalized spacial score (nSPS) is 11.2. The van der Waals surface area contributed by atoms with Gasteiger partial charge in [-0.25, -0.2) is 9.59 Å². The van der Waals surface area contributed by atoms with Crippen molar-refractivity contribution in [2.45, 2.75) is 0 Å². The molecule has 12 heteroatoms. The second-order valence-corrected chi connectivity index (χ2v) is 6.88. The van der Waals surface area contributed by atoms with Crippen molar-refractivity contribution in [2.24, 2.45) is 14.1 Å². The lowest BCUT2D eigenvalue weighted by molar-refractivity contribution is 0.373. The van der Waals surface area contributed by atoms with Gasteiger partial charge in [0.2, 0.25) is 0 Å². The summed E-state index contributed by atoms with van der Waals surface area (Å²) in [6.45, 7) is 0. The van der Waals surface area contributed by atoms with Crippen LogP contribution in [0.5, 0.6) is 11.5 Å². The number of phenols is 1. The molecule has 3 heterocycles. The number of H-pyrrole nitrogens is 3. The number of methoxy groups -OCH3 is 1. The summed E-state index contributed by atoms with van der Waals surface area (Å²) in [6, 6.07) is 4.40. The maximum atomic E-state index is 12.8. The van der Waals surface area contributed by atoms with Gasteiger partial charge < -0.3 is 20.6 Å². The number of rotatable bonds is 3. The molecule has 1 aromatic carbocycles. The molecule has 0 fully saturated rings. The number of nitrogens with two attached hydrogens (primary N) is 1. The number of phenolic OH excluding ortho intramolecular Hbond substituents is 1. The Morgan fingerprint density at radius 3 is 2.26 bits per heavy atom. The molecule has 12 nitrogen and oxygen atoms in total. The Hall–Kier alpha value is -4.48. The highest BCUT2D eigenvalue weighted by Crippen LogP contribution is 2.39. The van der Waals surface area contributed by atoms with Crippen molar-refractivity contribution < 1.29 is 9.84 Å². The Morgan fingerprint density at radius 2 is 1.58 bits per heavy atom. The first-order chi connectivity index (χ1) is 14.6. The average Bonchev–Trinajstić information content (AvgIpc) is 3.12. The third kappa shape index (κ3) is 2.84. The minimum absolute atomic E-state index is 0.00000850. The van der Waals surface area contributed by atoms with Gasteiger partial charge in [0, 0.05) is 25.2 Å². The number of aromatic hydroxyl groups is 1. The van der Waals surface area contributed by atoms with E-state index in [0.29, 0.717) is 5.56 Å². The summed E-state index contributed by atoms with van der Waals surface area (Å²) in [5.74, 6) is -0.143. The van der Waals surface area contributed by atoms with Gasteiger partial charge in [0.25, 0.3) is 11.1 Å². The van der Waals surface area contributed by atoms with E-state index in [-0.39, 0.29) is 45.2 Å². The summed E-state index contributed by atoms with van der Waals surface area (Å²) in [6.07, 6.45) is 0. The quantitative estimate of drug-likeness (QED) is 0.295. The molecule has 0 saturated carbocycles. The number of aromatic nitrogens is 5. The van der Waals surface area contributed by atoms with Crippen LogP contribution in [0.1, 0.15) is 0 Å². The zero-order valence-corrected chi connectivity index (χ0v) is 16.7. The van der Waals surface area contributed by atoms with Crippen LogP contribution in [0.4, 0.5) is 5.82 Å². The number of ether oxygens (including phenoxy) is 1. The lowest BCUT2D eigenvalue weighted by Gasteiger charge is -2.11. The fourth-order valence-corrected chi connectivity index (χ4v) is 3.48. The molecular formula is C19H18N6O6. The van der Waals surface area contributed by atoms with Crippen LogP contribution in [-0.2, 0) is 14.1 Å². The van der Waals surface area contributed by atoms with E-state index in [1.54, 1.807) is 0 Å². The fraction of sp³-hybridized carbons (Fsp3) is 0.158. The number of fused-ring (bicyclic) bond motifs is 1. The second-order valence-electron chi connectivity index (χ2n) is 6.88. The van der Waals surface area contributed by atoms with Crippen LogP contribution in [0, 0.1) is 0 Å². The average molecular weight is 426 g/mol. The van der Waals surface area contributed by atoms with Gasteiger partial charge in [-0.1, -0.05) is 0 Å². The summed E-state index contributed by atoms with van der Waals surface area (Å²) in [5.41, 5.74) is 3.96. The lowest BCUT2D eigenvalue weighted by Crippen LogP contribution is -2.32. The van der Waals surface area contributed by atoms with Crippen molar-refractivity contribution in [3.05, 3.63) is 59.9 Å². The molecule has 0 unspecified atom stereocenters. The summed E-state index contributed by atoms with van der Waals surface area (Å²) < 4.78 is 7.36. The van der Waals surface area contributed by atoms with Gasteiger partial charge in [-0.3, -0.25) is 28.7 Å². The highest BCUT2D eigenvalue weighted by molar-refractivity contribution is 6.04. The summed E-state index contributed by atoms with van der Waals surface area (Å²) in [4.78, 5) is 57.0. The van der Waals surface area contributed by atoms with Gasteiger partial charge in [0.05, 0.1) is 23.8 Å². The predicted octanol–water partition coefficient (Wildman–Crippen LogP) is -0.428. The van der Waals surface area contributed by atoms with Crippen molar-refractivity contribution in [3.8, 4) is 33.9 Å². The highest BCUT2D eigenvalue weighted by Gasteiger charge is 2.25. The number of nitrogen functional groups attached to an aromatic ring is 1. The van der Waals surface area contributed by atoms with E-state index >= 15 is 0 Å². The zero-order valence-electron chi connectivity index (χ0n) is 16.7. The first-order valence-electron chi connectivity index (χ1n) is 8.97. The van der Waals surface area contributed by atoms with Gasteiger partial charge in [-0.05, 0) is 18.2 Å². The van der Waals surface area contributed by atoms with E-state index in [2.05, 4.69) is 15.0 Å². The number of nitrogens with zero attached hydrogens (tertiary/aromatic N) is 2. The first-order valence-corrected chi connectivity index (χ1v) is 8.97. The minimum Gasteiger partial charge on any atom is -0.504 e. The van der Waals surface area contributed by atoms with E-state index in [1.165, 1.54) is 44.0 Å². The molecule has 0 aliphatic rings. The second kappa shape index (κ2) is 6.79. The van der Waals surface area contributed by atoms with Crippen LogP contribution >= 0.6 is 0 Å². The SMILES string of the molecule is COc1cc(-c2[nH]c3c(c2-c2c(N)n(C)c(=O)[nH]c2=O)c(=O)[nH]c(=O)n3C)ccc1O. The topological polar surface area (TPSA) is 181 Å². The van der Waals surface area contributed by atoms with Gasteiger partial charge >= 0.3 is 11.4 Å². The van der Waals surface area contributed by atoms with Crippen molar-refractivity contribution in [1.29, 1.82) is 0 Å². The zero-order chi connectivity index (χ0) is 22.6. The molecule has 160 valence electrons. The smallest absolute Gasteiger partial charge is 0.329 e. The predicted molar refractivity (Wildman–Crippen MR) is 114 cm³/mol. The van der Waals surface area contributed by atoms with Crippen LogP contribution in [0.15, 0.2) is 37.4 Å². The molecule has 0 aliphatic carbocycles. The fourth-order valence-electron chi connectivity index (χ4n) is 3.48. The number of hydrogen-bond donors (Lipinski definition) is 5. The number of aryl methyl sites for hydroxylation is 1. The molecule has 4 rings (SSSR count). The van der Waals surface area contributed by atoms with E-state index in [9.17, 15) is 24.3 Å². The molecule has 0 spiro atoms. The number of nitrogens with one attached hydrogen (secondary N) is 3. The maximum Gasteiger partial charge on any atom is 0.329 e. The summed E-state index contributed by atoms with van der Waals surface area (Å²) in [5, 5.41) is 9.94. The lowest BCUT2D eigenvalue weighted by atomic mass is 10.00. The molecule has 0 radical (unpaired) electrons. The summed E-state index contributed by atoms with van der Waals surface area (Å²) in [7, 11) is 4.18. The molecule has 0 bridgehead atoms. The number of anilines is 1. The molecule has 31 heavy (non-hydrogen) atoms. The van der Waals surface area contributed by atoms with Crippen molar-refractivity contribution >= 4 is 16.9 Å².